The third-order valence-electron chi connectivity index (χ3n) is 13.9. The SMILES string of the molecule is CCCCCCN(CCNCCNC=O)CC1(OC)/C=C/CC(C(C)S)CNC(=O)C2CC3C(C[C@H]2C)OCC(c2ccc(Cl)cc2CCC)CN3CC2CCC21. The van der Waals surface area contributed by atoms with Crippen molar-refractivity contribution in [3.8, 4) is 0 Å². The lowest BCUT2D eigenvalue weighted by molar-refractivity contribution is -0.132. The van der Waals surface area contributed by atoms with Crippen LogP contribution >= 0.6 is 24.2 Å². The van der Waals surface area contributed by atoms with Crippen molar-refractivity contribution >= 4 is 36.5 Å². The van der Waals surface area contributed by atoms with E-state index in [1.165, 1.54) is 43.2 Å². The number of rotatable bonds is 19. The van der Waals surface area contributed by atoms with Gasteiger partial charge < -0.3 is 25.4 Å². The topological polar surface area (TPSA) is 95.2 Å². The first-order chi connectivity index (χ1) is 27.6. The second kappa shape index (κ2) is 23.4. The predicted octanol–water partition coefficient (Wildman–Crippen LogP) is 7.13. The summed E-state index contributed by atoms with van der Waals surface area (Å²) in [5.41, 5.74) is 2.24. The summed E-state index contributed by atoms with van der Waals surface area (Å²) in [7, 11) is 1.93. The maximum absolute atomic E-state index is 14.1. The highest BCUT2D eigenvalue weighted by Crippen LogP contribution is 2.47. The zero-order valence-corrected chi connectivity index (χ0v) is 37.5. The van der Waals surface area contributed by atoms with Crippen LogP contribution in [0.1, 0.15) is 109 Å². The summed E-state index contributed by atoms with van der Waals surface area (Å²) >= 11 is 11.5. The van der Waals surface area contributed by atoms with Crippen molar-refractivity contribution in [1.82, 2.24) is 25.8 Å². The number of methoxy groups -OCH3 is 1. The molecule has 1 saturated heterocycles. The number of unbranched alkanes of at least 4 members (excludes halogenated alkanes) is 3. The van der Waals surface area contributed by atoms with E-state index in [9.17, 15) is 9.59 Å². The number of ether oxygens (including phenoxy) is 2. The quantitative estimate of drug-likeness (QED) is 0.0511. The van der Waals surface area contributed by atoms with Crippen LogP contribution in [-0.2, 0) is 25.5 Å². The monoisotopic (exact) mass is 830 g/mol. The number of thiol groups is 1. The van der Waals surface area contributed by atoms with Crippen molar-refractivity contribution in [1.29, 1.82) is 0 Å². The molecule has 2 heterocycles. The summed E-state index contributed by atoms with van der Waals surface area (Å²) in [5, 5.41) is 10.7. The summed E-state index contributed by atoms with van der Waals surface area (Å²) < 4.78 is 13.8. The minimum Gasteiger partial charge on any atom is -0.376 e. The van der Waals surface area contributed by atoms with Crippen LogP contribution in [0.15, 0.2) is 30.4 Å². The Bertz CT molecular complexity index is 1420. The van der Waals surface area contributed by atoms with Crippen LogP contribution in [0.5, 0.6) is 0 Å². The Hall–Kier alpha value is -1.66. The van der Waals surface area contributed by atoms with Crippen molar-refractivity contribution in [3.63, 3.8) is 0 Å². The number of nitrogens with zero attached hydrogens (tertiary/aromatic N) is 2. The average Bonchev–Trinajstić information content (AvgIpc) is 3.35. The third kappa shape index (κ3) is 12.7. The van der Waals surface area contributed by atoms with Crippen LogP contribution < -0.4 is 16.0 Å². The Morgan fingerprint density at radius 1 is 1.12 bits per heavy atom. The molecule has 9 nitrogen and oxygen atoms in total. The van der Waals surface area contributed by atoms with E-state index in [1.54, 1.807) is 0 Å². The van der Waals surface area contributed by atoms with Crippen molar-refractivity contribution < 1.29 is 19.1 Å². The summed E-state index contributed by atoms with van der Waals surface area (Å²) in [6.07, 6.45) is 17.4. The number of aryl methyl sites for hydroxylation is 1. The zero-order valence-electron chi connectivity index (χ0n) is 35.9. The molecule has 2 saturated carbocycles. The highest BCUT2D eigenvalue weighted by Gasteiger charge is 2.50. The van der Waals surface area contributed by atoms with Crippen molar-refractivity contribution in [2.45, 2.75) is 127 Å². The lowest BCUT2D eigenvalue weighted by Crippen LogP contribution is -2.58. The van der Waals surface area contributed by atoms with Gasteiger partial charge in [0, 0.05) is 87.6 Å². The maximum Gasteiger partial charge on any atom is 0.223 e. The standard InChI is InChI=1S/C46H76ClN5O4S/c1-6-8-9-10-22-51(23-21-48-19-20-49-32-53)31-46(55-5)18-11-13-36(34(4)57)27-50-45(54)41-26-43-44(24-33(41)3)56-30-38(29-52(43)28-37-14-17-42(37)46)40-16-15-39(47)25-35(40)12-7-2/h11,15-16,18,25,32-34,36-38,41-44,48,57H,6-10,12-14,17,19-24,26-31H2,1-5H3,(H,49,53)(H,50,54)/b18-11+/t33-,34?,36?,37?,38?,41?,42?,43?,44?,46?/m1/s1. The maximum atomic E-state index is 14.1. The molecule has 0 aromatic heterocycles. The number of fused-ring (bicyclic) bond motifs is 2. The molecule has 10 atom stereocenters. The van der Waals surface area contributed by atoms with Gasteiger partial charge in [-0.3, -0.25) is 19.4 Å². The first-order valence-corrected chi connectivity index (χ1v) is 23.4. The fraction of sp³-hybridized carbons (Fsp3) is 0.783. The van der Waals surface area contributed by atoms with E-state index in [1.807, 2.05) is 13.2 Å². The van der Waals surface area contributed by atoms with Crippen molar-refractivity contribution in [2.75, 3.05) is 72.6 Å². The van der Waals surface area contributed by atoms with Crippen LogP contribution in [-0.4, -0.2) is 118 Å². The molecule has 9 unspecified atom stereocenters. The normalized spacial score (nSPS) is 32.2. The van der Waals surface area contributed by atoms with E-state index < -0.39 is 5.60 Å². The Morgan fingerprint density at radius 2 is 1.96 bits per heavy atom. The molecule has 322 valence electrons. The van der Waals surface area contributed by atoms with Gasteiger partial charge in [0.2, 0.25) is 12.3 Å². The number of nitrogens with one attached hydrogen (secondary N) is 3. The highest BCUT2D eigenvalue weighted by molar-refractivity contribution is 7.80. The van der Waals surface area contributed by atoms with Gasteiger partial charge in [-0.25, -0.2) is 0 Å². The molecular weight excluding hydrogens is 754 g/mol. The molecule has 57 heavy (non-hydrogen) atoms. The number of hydrogen-bond acceptors (Lipinski definition) is 8. The molecule has 2 aliphatic heterocycles. The molecule has 2 bridgehead atoms. The number of halogens is 1. The van der Waals surface area contributed by atoms with Crippen LogP contribution in [0.25, 0.3) is 0 Å². The van der Waals surface area contributed by atoms with Crippen molar-refractivity contribution in [3.05, 3.63) is 46.5 Å². The number of carbonyl (C=O) groups is 2. The van der Waals surface area contributed by atoms with Gasteiger partial charge in [0.15, 0.2) is 0 Å². The van der Waals surface area contributed by atoms with E-state index in [2.05, 4.69) is 77.7 Å². The Kier molecular flexibility index (Phi) is 19.0. The van der Waals surface area contributed by atoms with Crippen LogP contribution in [0, 0.1) is 29.6 Å². The molecular formula is C46H76ClN5O4S. The summed E-state index contributed by atoms with van der Waals surface area (Å²) in [6.45, 7) is 17.1. The summed E-state index contributed by atoms with van der Waals surface area (Å²) in [5.74, 6) is 1.65. The van der Waals surface area contributed by atoms with Gasteiger partial charge in [0.05, 0.1) is 12.7 Å². The molecule has 1 aromatic rings. The zero-order chi connectivity index (χ0) is 40.8. The summed E-state index contributed by atoms with van der Waals surface area (Å²) in [6, 6.07) is 6.64. The van der Waals surface area contributed by atoms with E-state index in [0.717, 1.165) is 95.8 Å². The summed E-state index contributed by atoms with van der Waals surface area (Å²) in [4.78, 5) is 30.3. The molecule has 2 amide bonds. The van der Waals surface area contributed by atoms with Gasteiger partial charge in [0.25, 0.3) is 0 Å². The molecule has 5 rings (SSSR count). The van der Waals surface area contributed by atoms with E-state index in [-0.39, 0.29) is 47.0 Å². The van der Waals surface area contributed by atoms with Gasteiger partial charge in [-0.05, 0) is 98.4 Å². The van der Waals surface area contributed by atoms with Gasteiger partial charge >= 0.3 is 0 Å². The second-order valence-electron chi connectivity index (χ2n) is 17.9. The number of benzene rings is 1. The lowest BCUT2D eigenvalue weighted by atomic mass is 9.63. The number of carbonyl (C=O) groups excluding carboxylic acids is 2. The van der Waals surface area contributed by atoms with Crippen LogP contribution in [0.4, 0.5) is 0 Å². The fourth-order valence-corrected chi connectivity index (χ4v) is 10.8. The molecule has 3 N–H and O–H groups in total. The molecule has 1 aromatic carbocycles. The lowest BCUT2D eigenvalue weighted by Gasteiger charge is -2.52. The molecule has 4 aliphatic rings. The van der Waals surface area contributed by atoms with E-state index in [4.69, 9.17) is 33.7 Å². The van der Waals surface area contributed by atoms with Gasteiger partial charge in [-0.2, -0.15) is 12.6 Å². The Labute approximate surface area is 355 Å². The Morgan fingerprint density at radius 3 is 2.68 bits per heavy atom. The number of allylic oxidation sites excluding steroid dienone is 1. The molecule has 2 aliphatic carbocycles. The molecule has 3 fully saturated rings. The minimum atomic E-state index is -0.449. The smallest absolute Gasteiger partial charge is 0.223 e. The predicted molar refractivity (Wildman–Crippen MR) is 237 cm³/mol. The van der Waals surface area contributed by atoms with Gasteiger partial charge in [-0.15, -0.1) is 0 Å². The minimum absolute atomic E-state index is 0.0454. The third-order valence-corrected chi connectivity index (χ3v) is 14.6. The van der Waals surface area contributed by atoms with Crippen LogP contribution in [0.3, 0.4) is 0 Å². The van der Waals surface area contributed by atoms with E-state index >= 15 is 0 Å². The van der Waals surface area contributed by atoms with Crippen molar-refractivity contribution in [2.24, 2.45) is 29.6 Å². The highest BCUT2D eigenvalue weighted by atomic mass is 35.5. The molecule has 0 spiro atoms. The number of hydrogen-bond donors (Lipinski definition) is 4. The van der Waals surface area contributed by atoms with Gasteiger partial charge in [-0.1, -0.05) is 83.2 Å². The van der Waals surface area contributed by atoms with E-state index in [0.29, 0.717) is 31.5 Å². The first-order valence-electron chi connectivity index (χ1n) is 22.6. The molecule has 0 radical (unpaired) electrons. The fourth-order valence-electron chi connectivity index (χ4n) is 10.4. The number of amides is 2. The average molecular weight is 831 g/mol. The molecule has 11 heteroatoms. The largest absolute Gasteiger partial charge is 0.376 e. The first kappa shape index (κ1) is 46.4. The second-order valence-corrected chi connectivity index (χ2v) is 19.1. The van der Waals surface area contributed by atoms with Crippen LogP contribution in [0.2, 0.25) is 5.02 Å². The Balaban J connectivity index is 1.49. The van der Waals surface area contributed by atoms with Gasteiger partial charge in [0.1, 0.15) is 5.60 Å².